The molecule has 27 heavy (non-hydrogen) atoms. The fraction of sp³-hybridized carbons (Fsp3) is 0.300. The van der Waals surface area contributed by atoms with E-state index in [9.17, 15) is 4.79 Å². The summed E-state index contributed by atoms with van der Waals surface area (Å²) in [5.74, 6) is 0. The van der Waals surface area contributed by atoms with E-state index in [0.29, 0.717) is 23.8 Å². The summed E-state index contributed by atoms with van der Waals surface area (Å²) in [6.45, 7) is 1.18. The van der Waals surface area contributed by atoms with Gasteiger partial charge in [-0.1, -0.05) is 59.2 Å². The van der Waals surface area contributed by atoms with Gasteiger partial charge in [0.1, 0.15) is 5.60 Å². The summed E-state index contributed by atoms with van der Waals surface area (Å²) in [5, 5.41) is 9.08. The van der Waals surface area contributed by atoms with Crippen molar-refractivity contribution in [2.75, 3.05) is 18.4 Å². The zero-order chi connectivity index (χ0) is 18.7. The molecular weight excluding hydrogens is 366 g/mol. The van der Waals surface area contributed by atoms with Crippen LogP contribution in [0.1, 0.15) is 24.8 Å². The highest BCUT2D eigenvalue weighted by atomic mass is 35.5. The molecule has 0 unspecified atom stereocenters. The van der Waals surface area contributed by atoms with Crippen LogP contribution in [0.5, 0.6) is 0 Å². The number of oxime groups is 1. The summed E-state index contributed by atoms with van der Waals surface area (Å²) in [6, 6.07) is 17.1. The van der Waals surface area contributed by atoms with Crippen LogP contribution in [0.2, 0.25) is 5.02 Å². The van der Waals surface area contributed by atoms with Crippen LogP contribution in [0.15, 0.2) is 59.8 Å². The van der Waals surface area contributed by atoms with Crippen LogP contribution in [0.25, 0.3) is 0 Å². The van der Waals surface area contributed by atoms with Crippen molar-refractivity contribution < 1.29 is 14.5 Å². The maximum absolute atomic E-state index is 12.1. The number of carbonyl (C=O) groups is 1. The lowest BCUT2D eigenvalue weighted by Crippen LogP contribution is -2.45. The third-order valence-electron chi connectivity index (χ3n) is 4.90. The van der Waals surface area contributed by atoms with Crippen molar-refractivity contribution >= 4 is 29.1 Å². The Labute approximate surface area is 162 Å². The Morgan fingerprint density at radius 2 is 1.81 bits per heavy atom. The van der Waals surface area contributed by atoms with Crippen molar-refractivity contribution in [1.82, 2.24) is 5.06 Å². The van der Waals surface area contributed by atoms with Crippen molar-refractivity contribution in [3.05, 3.63) is 65.2 Å². The van der Waals surface area contributed by atoms with Crippen molar-refractivity contribution in [1.29, 1.82) is 0 Å². The molecule has 7 heteroatoms. The molecule has 2 aliphatic heterocycles. The molecule has 6 nitrogen and oxygen atoms in total. The molecule has 2 heterocycles. The number of amides is 1. The Morgan fingerprint density at radius 3 is 2.56 bits per heavy atom. The Kier molecular flexibility index (Phi) is 5.01. The minimum atomic E-state index is -0.549. The number of rotatable bonds is 3. The predicted molar refractivity (Wildman–Crippen MR) is 104 cm³/mol. The number of hydrogen-bond acceptors (Lipinski definition) is 5. The van der Waals surface area contributed by atoms with Gasteiger partial charge in [0.25, 0.3) is 0 Å². The van der Waals surface area contributed by atoms with Gasteiger partial charge >= 0.3 is 6.09 Å². The van der Waals surface area contributed by atoms with Crippen LogP contribution in [0, 0.1) is 0 Å². The Morgan fingerprint density at radius 1 is 1.11 bits per heavy atom. The van der Waals surface area contributed by atoms with Gasteiger partial charge in [0.15, 0.2) is 0 Å². The molecule has 2 aliphatic rings. The second-order valence-corrected chi connectivity index (χ2v) is 7.17. The molecule has 1 amide bonds. The molecule has 1 spiro atoms. The van der Waals surface area contributed by atoms with E-state index in [2.05, 4.69) is 10.5 Å². The van der Waals surface area contributed by atoms with E-state index in [4.69, 9.17) is 21.3 Å². The average molecular weight is 386 g/mol. The Bertz CT molecular complexity index is 849. The lowest BCUT2D eigenvalue weighted by atomic mass is 9.86. The molecule has 4 rings (SSSR count). The van der Waals surface area contributed by atoms with E-state index >= 15 is 0 Å². The highest BCUT2D eigenvalue weighted by Gasteiger charge is 2.43. The molecule has 0 radical (unpaired) electrons. The molecule has 0 aliphatic carbocycles. The molecule has 140 valence electrons. The number of anilines is 1. The SMILES string of the molecule is O=C(Nc1ccccc1Cl)ON1CCC2(CC1)CC(c1ccccc1)=NO2. The highest BCUT2D eigenvalue weighted by Crippen LogP contribution is 2.36. The molecule has 1 fully saturated rings. The van der Waals surface area contributed by atoms with E-state index in [1.54, 1.807) is 29.3 Å². The van der Waals surface area contributed by atoms with Crippen molar-refractivity contribution in [2.24, 2.45) is 5.16 Å². The first-order valence-electron chi connectivity index (χ1n) is 8.92. The number of nitrogens with zero attached hydrogens (tertiary/aromatic N) is 2. The number of para-hydroxylation sites is 1. The smallest absolute Gasteiger partial charge is 0.388 e. The topological polar surface area (TPSA) is 63.2 Å². The molecule has 0 saturated carbocycles. The lowest BCUT2D eigenvalue weighted by molar-refractivity contribution is -0.154. The number of hydroxylamine groups is 2. The van der Waals surface area contributed by atoms with Gasteiger partial charge in [-0.05, 0) is 17.7 Å². The summed E-state index contributed by atoms with van der Waals surface area (Å²) < 4.78 is 0. The third-order valence-corrected chi connectivity index (χ3v) is 5.23. The van der Waals surface area contributed by atoms with E-state index in [-0.39, 0.29) is 5.60 Å². The van der Waals surface area contributed by atoms with Gasteiger partial charge in [-0.15, -0.1) is 5.06 Å². The summed E-state index contributed by atoms with van der Waals surface area (Å²) in [5.41, 5.74) is 2.29. The minimum absolute atomic E-state index is 0.301. The standard InChI is InChI=1S/C20H20ClN3O3/c21-16-8-4-5-9-17(16)22-19(25)26-24-12-10-20(11-13-24)14-18(23-27-20)15-6-2-1-3-7-15/h1-9H,10-14H2,(H,22,25). The highest BCUT2D eigenvalue weighted by molar-refractivity contribution is 6.33. The fourth-order valence-electron chi connectivity index (χ4n) is 3.37. The molecule has 0 atom stereocenters. The molecule has 1 N–H and O–H groups in total. The monoisotopic (exact) mass is 385 g/mol. The van der Waals surface area contributed by atoms with Crippen LogP contribution < -0.4 is 5.32 Å². The molecule has 0 aromatic heterocycles. The van der Waals surface area contributed by atoms with Crippen molar-refractivity contribution in [3.63, 3.8) is 0 Å². The number of carbonyl (C=O) groups excluding carboxylic acids is 1. The molecule has 1 saturated heterocycles. The van der Waals surface area contributed by atoms with E-state index in [0.717, 1.165) is 30.5 Å². The van der Waals surface area contributed by atoms with Crippen LogP contribution in [0.4, 0.5) is 10.5 Å². The normalized spacial score (nSPS) is 18.6. The van der Waals surface area contributed by atoms with Gasteiger partial charge in [0.2, 0.25) is 0 Å². The first-order valence-corrected chi connectivity index (χ1v) is 9.30. The number of halogens is 1. The maximum atomic E-state index is 12.1. The van der Waals surface area contributed by atoms with E-state index in [1.165, 1.54) is 0 Å². The van der Waals surface area contributed by atoms with E-state index in [1.807, 2.05) is 30.3 Å². The summed E-state index contributed by atoms with van der Waals surface area (Å²) in [6.07, 6.45) is 1.71. The Balaban J connectivity index is 1.28. The molecular formula is C20H20ClN3O3. The second kappa shape index (κ2) is 7.58. The summed E-state index contributed by atoms with van der Waals surface area (Å²) in [4.78, 5) is 23.3. The molecule has 2 aromatic rings. The van der Waals surface area contributed by atoms with Gasteiger partial charge < -0.3 is 9.68 Å². The number of benzene rings is 2. The minimum Gasteiger partial charge on any atom is -0.388 e. The predicted octanol–water partition coefficient (Wildman–Crippen LogP) is 4.46. The van der Waals surface area contributed by atoms with Gasteiger partial charge in [-0.3, -0.25) is 5.32 Å². The van der Waals surface area contributed by atoms with Crippen LogP contribution in [-0.2, 0) is 9.68 Å². The maximum Gasteiger partial charge on any atom is 0.430 e. The van der Waals surface area contributed by atoms with E-state index < -0.39 is 6.09 Å². The van der Waals surface area contributed by atoms with Crippen LogP contribution in [0.3, 0.4) is 0 Å². The van der Waals surface area contributed by atoms with Crippen molar-refractivity contribution in [2.45, 2.75) is 24.9 Å². The van der Waals surface area contributed by atoms with Crippen LogP contribution >= 0.6 is 11.6 Å². The zero-order valence-corrected chi connectivity index (χ0v) is 15.5. The third kappa shape index (κ3) is 4.07. The second-order valence-electron chi connectivity index (χ2n) is 6.77. The first-order chi connectivity index (χ1) is 13.1. The molecule has 0 bridgehead atoms. The quantitative estimate of drug-likeness (QED) is 0.847. The van der Waals surface area contributed by atoms with Crippen molar-refractivity contribution in [3.8, 4) is 0 Å². The van der Waals surface area contributed by atoms with Gasteiger partial charge in [-0.25, -0.2) is 4.79 Å². The van der Waals surface area contributed by atoms with Gasteiger partial charge in [-0.2, -0.15) is 0 Å². The number of hydrogen-bond donors (Lipinski definition) is 1. The lowest BCUT2D eigenvalue weighted by Gasteiger charge is -2.35. The fourth-order valence-corrected chi connectivity index (χ4v) is 3.56. The first kappa shape index (κ1) is 17.8. The van der Waals surface area contributed by atoms with Gasteiger partial charge in [0, 0.05) is 32.4 Å². The summed E-state index contributed by atoms with van der Waals surface area (Å²) >= 11 is 6.04. The van der Waals surface area contributed by atoms with Crippen LogP contribution in [-0.4, -0.2) is 35.6 Å². The number of nitrogens with one attached hydrogen (secondary N) is 1. The zero-order valence-electron chi connectivity index (χ0n) is 14.7. The Hall–Kier alpha value is -2.57. The van der Waals surface area contributed by atoms with Gasteiger partial charge in [0.05, 0.1) is 16.4 Å². The largest absolute Gasteiger partial charge is 0.430 e. The summed E-state index contributed by atoms with van der Waals surface area (Å²) in [7, 11) is 0. The number of piperidine rings is 1. The molecule has 2 aromatic carbocycles. The average Bonchev–Trinajstić information content (AvgIpc) is 3.10.